The van der Waals surface area contributed by atoms with Crippen LogP contribution in [0.5, 0.6) is 0 Å². The van der Waals surface area contributed by atoms with Crippen molar-refractivity contribution in [3.8, 4) is 5.69 Å². The fourth-order valence-corrected chi connectivity index (χ4v) is 3.58. The van der Waals surface area contributed by atoms with Crippen LogP contribution in [0.15, 0.2) is 60.1 Å². The number of para-hydroxylation sites is 1. The Kier molecular flexibility index (Phi) is 6.44. The Morgan fingerprint density at radius 3 is 2.69 bits per heavy atom. The van der Waals surface area contributed by atoms with E-state index in [0.29, 0.717) is 6.54 Å². The number of benzene rings is 1. The molecule has 0 bridgehead atoms. The highest BCUT2D eigenvalue weighted by atomic mass is 32.1. The quantitative estimate of drug-likeness (QED) is 0.494. The zero-order valence-corrected chi connectivity index (χ0v) is 16.1. The number of aryl methyl sites for hydroxylation is 1. The molecule has 0 atom stereocenters. The van der Waals surface area contributed by atoms with Gasteiger partial charge in [0.2, 0.25) is 0 Å². The van der Waals surface area contributed by atoms with Crippen LogP contribution in [0.4, 0.5) is 0 Å². The first-order valence-electron chi connectivity index (χ1n) is 8.96. The number of nitrogens with zero attached hydrogens (tertiary/aromatic N) is 3. The Bertz CT molecular complexity index is 836. The van der Waals surface area contributed by atoms with Gasteiger partial charge in [-0.1, -0.05) is 25.1 Å². The van der Waals surface area contributed by atoms with Gasteiger partial charge < -0.3 is 15.2 Å². The molecule has 0 unspecified atom stereocenters. The van der Waals surface area contributed by atoms with Gasteiger partial charge in [0, 0.05) is 28.7 Å². The lowest BCUT2D eigenvalue weighted by molar-refractivity contribution is 0.822. The molecule has 6 heteroatoms. The van der Waals surface area contributed by atoms with Crippen LogP contribution in [-0.4, -0.2) is 22.1 Å². The Morgan fingerprint density at radius 2 is 1.96 bits per heavy atom. The predicted octanol–water partition coefficient (Wildman–Crippen LogP) is 3.75. The third-order valence-electron chi connectivity index (χ3n) is 4.02. The molecule has 26 heavy (non-hydrogen) atoms. The highest BCUT2D eigenvalue weighted by Crippen LogP contribution is 2.17. The molecule has 2 N–H and O–H groups in total. The molecule has 5 nitrogen and oxygen atoms in total. The van der Waals surface area contributed by atoms with Crippen LogP contribution in [0.25, 0.3) is 5.69 Å². The summed E-state index contributed by atoms with van der Waals surface area (Å²) in [6, 6.07) is 12.7. The second-order valence-electron chi connectivity index (χ2n) is 5.87. The van der Waals surface area contributed by atoms with Gasteiger partial charge in [-0.2, -0.15) is 0 Å². The summed E-state index contributed by atoms with van der Waals surface area (Å²) in [5.41, 5.74) is 2.27. The zero-order valence-electron chi connectivity index (χ0n) is 15.3. The molecule has 2 heterocycles. The van der Waals surface area contributed by atoms with E-state index in [0.717, 1.165) is 36.7 Å². The standard InChI is InChI=1S/C20H25N5S/c1-3-17-9-10-18(26-17)14-24-20(22-4-2)23-13-16-7-5-6-8-19(16)25-12-11-21-15-25/h5-12,15H,3-4,13-14H2,1-2H3,(H2,22,23,24). The summed E-state index contributed by atoms with van der Waals surface area (Å²) in [4.78, 5) is 11.6. The van der Waals surface area contributed by atoms with Crippen molar-refractivity contribution < 1.29 is 0 Å². The first-order valence-corrected chi connectivity index (χ1v) is 9.77. The molecule has 0 aliphatic carbocycles. The molecule has 0 saturated carbocycles. The van der Waals surface area contributed by atoms with E-state index in [4.69, 9.17) is 4.99 Å². The average molecular weight is 368 g/mol. The molecular weight excluding hydrogens is 342 g/mol. The summed E-state index contributed by atoms with van der Waals surface area (Å²) in [6.45, 7) is 6.50. The molecule has 0 aliphatic heterocycles. The van der Waals surface area contributed by atoms with Gasteiger partial charge in [-0.15, -0.1) is 11.3 Å². The van der Waals surface area contributed by atoms with E-state index in [2.05, 4.69) is 53.7 Å². The third-order valence-corrected chi connectivity index (χ3v) is 5.25. The molecule has 0 aliphatic rings. The van der Waals surface area contributed by atoms with E-state index in [1.807, 2.05) is 40.6 Å². The highest BCUT2D eigenvalue weighted by Gasteiger charge is 2.05. The lowest BCUT2D eigenvalue weighted by Gasteiger charge is -2.12. The summed E-state index contributed by atoms with van der Waals surface area (Å²) >= 11 is 1.85. The molecule has 136 valence electrons. The minimum atomic E-state index is 0.605. The monoisotopic (exact) mass is 367 g/mol. The smallest absolute Gasteiger partial charge is 0.191 e. The van der Waals surface area contributed by atoms with E-state index < -0.39 is 0 Å². The van der Waals surface area contributed by atoms with E-state index in [1.165, 1.54) is 9.75 Å². The SMILES string of the molecule is CCNC(=NCc1ccccc1-n1ccnc1)NCc1ccc(CC)s1. The van der Waals surface area contributed by atoms with Gasteiger partial charge in [0.25, 0.3) is 0 Å². The third kappa shape index (κ3) is 4.73. The first-order chi connectivity index (χ1) is 12.8. The van der Waals surface area contributed by atoms with E-state index >= 15 is 0 Å². The van der Waals surface area contributed by atoms with Crippen LogP contribution >= 0.6 is 11.3 Å². The molecule has 0 amide bonds. The molecule has 0 radical (unpaired) electrons. The van der Waals surface area contributed by atoms with Crippen molar-refractivity contribution in [3.05, 3.63) is 70.4 Å². The number of aromatic nitrogens is 2. The van der Waals surface area contributed by atoms with E-state index in [-0.39, 0.29) is 0 Å². The van der Waals surface area contributed by atoms with Gasteiger partial charge in [-0.25, -0.2) is 9.98 Å². The largest absolute Gasteiger partial charge is 0.357 e. The number of guanidine groups is 1. The van der Waals surface area contributed by atoms with Crippen LogP contribution in [0.3, 0.4) is 0 Å². The second kappa shape index (κ2) is 9.20. The first kappa shape index (κ1) is 18.2. The van der Waals surface area contributed by atoms with Crippen LogP contribution in [0, 0.1) is 0 Å². The lowest BCUT2D eigenvalue weighted by atomic mass is 10.2. The Hall–Kier alpha value is -2.60. The van der Waals surface area contributed by atoms with Crippen molar-refractivity contribution in [2.75, 3.05) is 6.54 Å². The number of thiophene rings is 1. The molecule has 2 aromatic heterocycles. The van der Waals surface area contributed by atoms with Crippen molar-refractivity contribution >= 4 is 17.3 Å². The van der Waals surface area contributed by atoms with Crippen molar-refractivity contribution in [1.82, 2.24) is 20.2 Å². The number of nitrogens with one attached hydrogen (secondary N) is 2. The van der Waals surface area contributed by atoms with E-state index in [1.54, 1.807) is 6.20 Å². The average Bonchev–Trinajstić information content (AvgIpc) is 3.36. The summed E-state index contributed by atoms with van der Waals surface area (Å²) in [7, 11) is 0. The van der Waals surface area contributed by atoms with Gasteiger partial charge in [0.1, 0.15) is 0 Å². The number of aliphatic imine (C=N–C) groups is 1. The Labute approximate surface area is 158 Å². The number of hydrogen-bond donors (Lipinski definition) is 2. The maximum Gasteiger partial charge on any atom is 0.191 e. The van der Waals surface area contributed by atoms with Gasteiger partial charge in [0.05, 0.1) is 25.1 Å². The fraction of sp³-hybridized carbons (Fsp3) is 0.300. The summed E-state index contributed by atoms with van der Waals surface area (Å²) in [6.07, 6.45) is 6.64. The molecule has 0 saturated heterocycles. The molecular formula is C20H25N5S. The normalized spacial score (nSPS) is 11.5. The molecule has 1 aromatic carbocycles. The van der Waals surface area contributed by atoms with E-state index in [9.17, 15) is 0 Å². The summed E-state index contributed by atoms with van der Waals surface area (Å²) < 4.78 is 2.02. The van der Waals surface area contributed by atoms with Crippen molar-refractivity contribution in [2.24, 2.45) is 4.99 Å². The van der Waals surface area contributed by atoms with Crippen molar-refractivity contribution in [2.45, 2.75) is 33.4 Å². The van der Waals surface area contributed by atoms with Gasteiger partial charge >= 0.3 is 0 Å². The number of hydrogen-bond acceptors (Lipinski definition) is 3. The summed E-state index contributed by atoms with van der Waals surface area (Å²) in [5.74, 6) is 0.833. The maximum absolute atomic E-state index is 4.76. The Morgan fingerprint density at radius 1 is 1.12 bits per heavy atom. The molecule has 3 aromatic rings. The van der Waals surface area contributed by atoms with Crippen LogP contribution in [0.1, 0.15) is 29.2 Å². The van der Waals surface area contributed by atoms with Crippen molar-refractivity contribution in [3.63, 3.8) is 0 Å². The minimum Gasteiger partial charge on any atom is -0.357 e. The highest BCUT2D eigenvalue weighted by molar-refractivity contribution is 7.11. The fourth-order valence-electron chi connectivity index (χ4n) is 2.68. The second-order valence-corrected chi connectivity index (χ2v) is 7.12. The molecule has 0 spiro atoms. The topological polar surface area (TPSA) is 54.2 Å². The van der Waals surface area contributed by atoms with Crippen LogP contribution in [0.2, 0.25) is 0 Å². The van der Waals surface area contributed by atoms with Crippen molar-refractivity contribution in [1.29, 1.82) is 0 Å². The van der Waals surface area contributed by atoms with Gasteiger partial charge in [-0.05, 0) is 37.1 Å². The maximum atomic E-state index is 4.76. The number of rotatable bonds is 7. The van der Waals surface area contributed by atoms with Crippen LogP contribution in [-0.2, 0) is 19.5 Å². The lowest BCUT2D eigenvalue weighted by Crippen LogP contribution is -2.36. The molecule has 0 fully saturated rings. The summed E-state index contributed by atoms with van der Waals surface area (Å²) in [5, 5.41) is 6.75. The predicted molar refractivity (Wildman–Crippen MR) is 109 cm³/mol. The number of imidazole rings is 1. The molecule has 3 rings (SSSR count). The minimum absolute atomic E-state index is 0.605. The Balaban J connectivity index is 1.69. The zero-order chi connectivity index (χ0) is 18.2. The van der Waals surface area contributed by atoms with Gasteiger partial charge in [-0.3, -0.25) is 0 Å². The van der Waals surface area contributed by atoms with Gasteiger partial charge in [0.15, 0.2) is 5.96 Å². The van der Waals surface area contributed by atoms with Crippen LogP contribution < -0.4 is 10.6 Å².